The van der Waals surface area contributed by atoms with E-state index in [0.29, 0.717) is 12.8 Å². The number of unbranched alkanes of at least 4 members (excludes halogenated alkanes) is 3. The molecular weight excluding hydrogens is 388 g/mol. The molecule has 2 rings (SSSR count). The van der Waals surface area contributed by atoms with Crippen LogP contribution in [0, 0.1) is 5.92 Å². The van der Waals surface area contributed by atoms with E-state index in [4.69, 9.17) is 16.7 Å². The summed E-state index contributed by atoms with van der Waals surface area (Å²) >= 11 is 6.54. The number of hydrogen-bond donors (Lipinski definition) is 3. The van der Waals surface area contributed by atoms with Crippen LogP contribution in [0.25, 0.3) is 0 Å². The summed E-state index contributed by atoms with van der Waals surface area (Å²) in [6.07, 6.45) is 10.2. The number of carboxylic acid groups (broad SMARTS) is 1. The highest BCUT2D eigenvalue weighted by molar-refractivity contribution is 6.21. The van der Waals surface area contributed by atoms with Gasteiger partial charge in [-0.15, -0.1) is 11.6 Å². The lowest BCUT2D eigenvalue weighted by Crippen LogP contribution is -2.18. The molecule has 0 saturated heterocycles. The van der Waals surface area contributed by atoms with Crippen LogP contribution >= 0.6 is 11.6 Å². The molecule has 0 radical (unpaired) electrons. The smallest absolute Gasteiger partial charge is 0.303 e. The lowest BCUT2D eigenvalue weighted by molar-refractivity contribution is -0.137. The second kappa shape index (κ2) is 12.4. The van der Waals surface area contributed by atoms with E-state index in [1.54, 1.807) is 0 Å². The topological polar surface area (TPSA) is 77.8 Å². The van der Waals surface area contributed by atoms with Gasteiger partial charge in [0, 0.05) is 17.7 Å². The Morgan fingerprint density at radius 3 is 2.59 bits per heavy atom. The van der Waals surface area contributed by atoms with E-state index in [2.05, 4.69) is 13.0 Å². The molecule has 1 aliphatic carbocycles. The van der Waals surface area contributed by atoms with Crippen LogP contribution in [0.3, 0.4) is 0 Å². The van der Waals surface area contributed by atoms with Crippen molar-refractivity contribution in [3.8, 4) is 0 Å². The van der Waals surface area contributed by atoms with E-state index >= 15 is 0 Å². The Labute approximate surface area is 179 Å². The summed E-state index contributed by atoms with van der Waals surface area (Å²) < 4.78 is 0. The van der Waals surface area contributed by atoms with Crippen molar-refractivity contribution in [1.29, 1.82) is 0 Å². The Bertz CT molecular complexity index is 643. The minimum absolute atomic E-state index is 0.0209. The minimum Gasteiger partial charge on any atom is -0.481 e. The molecule has 0 aromatic heterocycles. The second-order valence-electron chi connectivity index (χ2n) is 8.18. The predicted molar refractivity (Wildman–Crippen MR) is 117 cm³/mol. The highest BCUT2D eigenvalue weighted by Gasteiger charge is 2.41. The van der Waals surface area contributed by atoms with Gasteiger partial charge in [-0.05, 0) is 49.1 Å². The van der Waals surface area contributed by atoms with Crippen molar-refractivity contribution in [2.45, 2.75) is 88.2 Å². The number of allylic oxidation sites excluding steroid dienone is 2. The van der Waals surface area contributed by atoms with Gasteiger partial charge in [-0.3, -0.25) is 4.79 Å². The van der Waals surface area contributed by atoms with Crippen LogP contribution in [0.1, 0.15) is 87.9 Å². The van der Waals surface area contributed by atoms with Gasteiger partial charge in [-0.1, -0.05) is 62.6 Å². The first-order chi connectivity index (χ1) is 13.9. The molecular formula is C24H35ClO4. The first-order valence-corrected chi connectivity index (χ1v) is 11.3. The summed E-state index contributed by atoms with van der Waals surface area (Å²) in [5, 5.41) is 29.5. The number of alkyl halides is 1. The molecule has 1 aromatic rings. The number of halogens is 1. The van der Waals surface area contributed by atoms with Gasteiger partial charge in [-0.2, -0.15) is 0 Å². The zero-order chi connectivity index (χ0) is 21.2. The fraction of sp³-hybridized carbons (Fsp3) is 0.625. The molecule has 1 unspecified atom stereocenters. The summed E-state index contributed by atoms with van der Waals surface area (Å²) in [7, 11) is 0. The first kappa shape index (κ1) is 23.9. The summed E-state index contributed by atoms with van der Waals surface area (Å²) in [5.74, 6) is -0.646. The van der Waals surface area contributed by atoms with Gasteiger partial charge in [0.05, 0.1) is 12.2 Å². The third-order valence-corrected chi connectivity index (χ3v) is 6.43. The molecule has 1 aromatic carbocycles. The van der Waals surface area contributed by atoms with Gasteiger partial charge in [0.25, 0.3) is 0 Å². The third-order valence-electron chi connectivity index (χ3n) is 5.93. The maximum Gasteiger partial charge on any atom is 0.303 e. The molecule has 5 atom stereocenters. The van der Waals surface area contributed by atoms with Gasteiger partial charge in [0.2, 0.25) is 0 Å². The number of rotatable bonds is 12. The number of hydrogen-bond acceptors (Lipinski definition) is 3. The van der Waals surface area contributed by atoms with Crippen LogP contribution in [0.15, 0.2) is 36.4 Å². The Kier molecular flexibility index (Phi) is 10.2. The molecule has 5 heteroatoms. The molecule has 1 saturated carbocycles. The molecule has 162 valence electrons. The molecule has 4 nitrogen and oxygen atoms in total. The number of carboxylic acids is 1. The third kappa shape index (κ3) is 7.44. The van der Waals surface area contributed by atoms with E-state index < -0.39 is 18.2 Å². The Morgan fingerprint density at radius 1 is 1.21 bits per heavy atom. The largest absolute Gasteiger partial charge is 0.481 e. The van der Waals surface area contributed by atoms with Crippen LogP contribution in [0.4, 0.5) is 0 Å². The maximum atomic E-state index is 10.6. The molecule has 0 heterocycles. The van der Waals surface area contributed by atoms with Crippen molar-refractivity contribution >= 4 is 17.6 Å². The monoisotopic (exact) mass is 422 g/mol. The van der Waals surface area contributed by atoms with Crippen LogP contribution in [-0.2, 0) is 4.79 Å². The molecule has 0 spiro atoms. The average molecular weight is 423 g/mol. The predicted octanol–water partition coefficient (Wildman–Crippen LogP) is 5.57. The minimum atomic E-state index is -0.767. The van der Waals surface area contributed by atoms with Crippen molar-refractivity contribution in [1.82, 2.24) is 0 Å². The number of benzene rings is 1. The normalized spacial score (nSPS) is 25.5. The lowest BCUT2D eigenvalue weighted by atomic mass is 9.84. The van der Waals surface area contributed by atoms with Crippen molar-refractivity contribution in [3.63, 3.8) is 0 Å². The number of aliphatic hydroxyl groups excluding tert-OH is 2. The zero-order valence-corrected chi connectivity index (χ0v) is 18.1. The van der Waals surface area contributed by atoms with Gasteiger partial charge < -0.3 is 15.3 Å². The van der Waals surface area contributed by atoms with Gasteiger partial charge in [-0.25, -0.2) is 0 Å². The molecule has 0 bridgehead atoms. The van der Waals surface area contributed by atoms with E-state index in [1.165, 1.54) is 0 Å². The highest BCUT2D eigenvalue weighted by Crippen LogP contribution is 2.45. The summed E-state index contributed by atoms with van der Waals surface area (Å²) in [5.41, 5.74) is 1.99. The van der Waals surface area contributed by atoms with E-state index in [9.17, 15) is 15.0 Å². The van der Waals surface area contributed by atoms with Crippen LogP contribution in [0.2, 0.25) is 0 Å². The number of aliphatic carboxylic acids is 1. The Hall–Kier alpha value is -1.36. The quantitative estimate of drug-likeness (QED) is 0.233. The molecule has 3 N–H and O–H groups in total. The van der Waals surface area contributed by atoms with Crippen LogP contribution in [-0.4, -0.2) is 32.8 Å². The molecule has 1 aliphatic rings. The molecule has 0 aliphatic heterocycles. The number of aliphatic hydroxyl groups is 2. The summed E-state index contributed by atoms with van der Waals surface area (Å²) in [6.45, 7) is 2.15. The van der Waals surface area contributed by atoms with Crippen LogP contribution < -0.4 is 0 Å². The van der Waals surface area contributed by atoms with Crippen molar-refractivity contribution in [2.75, 3.05) is 0 Å². The Morgan fingerprint density at radius 2 is 1.93 bits per heavy atom. The molecule has 1 fully saturated rings. The van der Waals surface area contributed by atoms with Crippen LogP contribution in [0.5, 0.6) is 0 Å². The molecule has 0 amide bonds. The van der Waals surface area contributed by atoms with E-state index in [0.717, 1.165) is 49.7 Å². The summed E-state index contributed by atoms with van der Waals surface area (Å²) in [4.78, 5) is 10.6. The zero-order valence-electron chi connectivity index (χ0n) is 17.3. The Balaban J connectivity index is 1.96. The van der Waals surface area contributed by atoms with Crippen molar-refractivity contribution in [3.05, 3.63) is 47.5 Å². The van der Waals surface area contributed by atoms with E-state index in [-0.39, 0.29) is 23.6 Å². The fourth-order valence-electron chi connectivity index (χ4n) is 4.26. The maximum absolute atomic E-state index is 10.6. The first-order valence-electron chi connectivity index (χ1n) is 10.9. The van der Waals surface area contributed by atoms with Gasteiger partial charge in [0.15, 0.2) is 0 Å². The van der Waals surface area contributed by atoms with Gasteiger partial charge >= 0.3 is 5.97 Å². The van der Waals surface area contributed by atoms with Crippen molar-refractivity contribution < 1.29 is 20.1 Å². The highest BCUT2D eigenvalue weighted by atomic mass is 35.5. The van der Waals surface area contributed by atoms with Crippen molar-refractivity contribution in [2.24, 2.45) is 5.92 Å². The van der Waals surface area contributed by atoms with Gasteiger partial charge in [0.1, 0.15) is 0 Å². The standard InChI is InChI=1S/C24H35ClO4/c1-2-3-6-10-21(26)17-12-14-18(15-13-17)24-19(20(25)16-22(24)27)9-7-4-5-8-11-23(28)29/h4,7,12-15,19-22,24,26-27H,2-3,5-6,8-11,16H2,1H3,(H,28,29)/b7-4-/t19-,20+,21?,22+,24+/m0/s1. The SMILES string of the molecule is CCCCCC(O)c1ccc([C@@H]2[C@@H](C/C=C\CCCC(=O)O)[C@H](Cl)C[C@H]2O)cc1. The second-order valence-corrected chi connectivity index (χ2v) is 8.74. The fourth-order valence-corrected chi connectivity index (χ4v) is 4.71. The summed E-state index contributed by atoms with van der Waals surface area (Å²) in [6, 6.07) is 7.98. The average Bonchev–Trinajstić information content (AvgIpc) is 2.97. The van der Waals surface area contributed by atoms with E-state index in [1.807, 2.05) is 30.3 Å². The molecule has 29 heavy (non-hydrogen) atoms. The number of carbonyl (C=O) groups is 1. The lowest BCUT2D eigenvalue weighted by Gasteiger charge is -2.23.